The zero-order chi connectivity index (χ0) is 12.9. The van der Waals surface area contributed by atoms with E-state index in [9.17, 15) is 5.11 Å². The zero-order valence-electron chi connectivity index (χ0n) is 12.0. The fraction of sp³-hybridized carbons (Fsp3) is 1.00. The van der Waals surface area contributed by atoms with E-state index in [1.165, 1.54) is 18.6 Å². The largest absolute Gasteiger partial charge is 0.392 e. The van der Waals surface area contributed by atoms with Crippen molar-refractivity contribution in [2.75, 3.05) is 11.5 Å². The quantitative estimate of drug-likeness (QED) is 0.825. The third-order valence-electron chi connectivity index (χ3n) is 5.28. The van der Waals surface area contributed by atoms with E-state index in [1.807, 2.05) is 0 Å². The molecule has 2 fully saturated rings. The molecule has 0 aromatic rings. The van der Waals surface area contributed by atoms with Gasteiger partial charge in [0.2, 0.25) is 0 Å². The van der Waals surface area contributed by atoms with E-state index in [0.29, 0.717) is 10.8 Å². The van der Waals surface area contributed by atoms with Crippen molar-refractivity contribution in [2.45, 2.75) is 60.0 Å². The standard InChI is InChI=1S/C15H28OS/c1-13(2,3)9-17-10-15-7-6-11(8-12(15)16)14(15,4)5/h11-12,16H,6-10H2,1-5H3/t11-,12+,15-/m0/s1. The van der Waals surface area contributed by atoms with Crippen LogP contribution >= 0.6 is 11.8 Å². The lowest BCUT2D eigenvalue weighted by atomic mass is 9.70. The van der Waals surface area contributed by atoms with Crippen molar-refractivity contribution in [1.82, 2.24) is 0 Å². The number of hydrogen-bond acceptors (Lipinski definition) is 2. The summed E-state index contributed by atoms with van der Waals surface area (Å²) >= 11 is 2.05. The lowest BCUT2D eigenvalue weighted by Crippen LogP contribution is -2.41. The van der Waals surface area contributed by atoms with E-state index in [1.54, 1.807) is 0 Å². The van der Waals surface area contributed by atoms with Crippen molar-refractivity contribution in [3.8, 4) is 0 Å². The molecule has 0 saturated heterocycles. The smallest absolute Gasteiger partial charge is 0.0612 e. The van der Waals surface area contributed by atoms with Gasteiger partial charge >= 0.3 is 0 Å². The molecule has 2 heteroatoms. The van der Waals surface area contributed by atoms with Gasteiger partial charge in [-0.15, -0.1) is 0 Å². The highest BCUT2D eigenvalue weighted by atomic mass is 32.2. The van der Waals surface area contributed by atoms with Crippen LogP contribution in [0.3, 0.4) is 0 Å². The molecule has 0 unspecified atom stereocenters. The molecule has 2 saturated carbocycles. The zero-order valence-corrected chi connectivity index (χ0v) is 12.9. The van der Waals surface area contributed by atoms with Gasteiger partial charge in [-0.2, -0.15) is 11.8 Å². The minimum absolute atomic E-state index is 0.0521. The molecule has 0 heterocycles. The van der Waals surface area contributed by atoms with Crippen LogP contribution in [-0.2, 0) is 0 Å². The molecule has 0 aromatic heterocycles. The summed E-state index contributed by atoms with van der Waals surface area (Å²) in [4.78, 5) is 0. The van der Waals surface area contributed by atoms with Crippen LogP contribution in [0.5, 0.6) is 0 Å². The third kappa shape index (κ3) is 2.16. The Morgan fingerprint density at radius 2 is 1.94 bits per heavy atom. The van der Waals surface area contributed by atoms with Gasteiger partial charge in [0.1, 0.15) is 0 Å². The minimum Gasteiger partial charge on any atom is -0.392 e. The summed E-state index contributed by atoms with van der Waals surface area (Å²) in [6, 6.07) is 0. The Balaban J connectivity index is 2.03. The van der Waals surface area contributed by atoms with Gasteiger partial charge in [0.25, 0.3) is 0 Å². The summed E-state index contributed by atoms with van der Waals surface area (Å²) in [5.74, 6) is 3.10. The SMILES string of the molecule is CC(C)(C)CSC[C@@]12CC[C@@H](C[C@H]1O)C2(C)C. The highest BCUT2D eigenvalue weighted by Crippen LogP contribution is 2.66. The topological polar surface area (TPSA) is 20.2 Å². The van der Waals surface area contributed by atoms with Crippen LogP contribution in [0.4, 0.5) is 0 Å². The minimum atomic E-state index is -0.0521. The predicted molar refractivity (Wildman–Crippen MR) is 76.3 cm³/mol. The molecule has 2 aliphatic rings. The summed E-state index contributed by atoms with van der Waals surface area (Å²) in [5, 5.41) is 10.4. The second kappa shape index (κ2) is 4.16. The summed E-state index contributed by atoms with van der Waals surface area (Å²) in [6.45, 7) is 11.7. The van der Waals surface area contributed by atoms with Gasteiger partial charge in [-0.1, -0.05) is 34.6 Å². The highest BCUT2D eigenvalue weighted by Gasteiger charge is 2.63. The van der Waals surface area contributed by atoms with Crippen LogP contribution in [0.1, 0.15) is 53.9 Å². The number of rotatable bonds is 3. The van der Waals surface area contributed by atoms with E-state index in [-0.39, 0.29) is 11.5 Å². The van der Waals surface area contributed by atoms with Crippen molar-refractivity contribution >= 4 is 11.8 Å². The fourth-order valence-corrected chi connectivity index (χ4v) is 5.71. The van der Waals surface area contributed by atoms with Crippen molar-refractivity contribution in [3.05, 3.63) is 0 Å². The average Bonchev–Trinajstić information content (AvgIpc) is 2.49. The van der Waals surface area contributed by atoms with Crippen molar-refractivity contribution in [3.63, 3.8) is 0 Å². The highest BCUT2D eigenvalue weighted by molar-refractivity contribution is 7.99. The maximum absolute atomic E-state index is 10.4. The maximum Gasteiger partial charge on any atom is 0.0612 e. The molecule has 0 radical (unpaired) electrons. The van der Waals surface area contributed by atoms with Gasteiger partial charge in [0, 0.05) is 11.2 Å². The first-order valence-corrected chi connectivity index (χ1v) is 8.10. The first kappa shape index (κ1) is 13.7. The fourth-order valence-electron chi connectivity index (χ4n) is 3.92. The van der Waals surface area contributed by atoms with Crippen LogP contribution in [0.2, 0.25) is 0 Å². The maximum atomic E-state index is 10.4. The number of hydrogen-bond donors (Lipinski definition) is 1. The van der Waals surface area contributed by atoms with Crippen LogP contribution in [-0.4, -0.2) is 22.7 Å². The van der Waals surface area contributed by atoms with Crippen LogP contribution in [0, 0.1) is 22.2 Å². The van der Waals surface area contributed by atoms with Crippen LogP contribution < -0.4 is 0 Å². The van der Waals surface area contributed by atoms with Crippen molar-refractivity contribution in [1.29, 1.82) is 0 Å². The molecule has 2 bridgehead atoms. The molecule has 1 N–H and O–H groups in total. The first-order valence-electron chi connectivity index (χ1n) is 6.95. The average molecular weight is 256 g/mol. The Kier molecular flexibility index (Phi) is 3.36. The predicted octanol–water partition coefficient (Wildman–Crippen LogP) is 3.95. The van der Waals surface area contributed by atoms with E-state index < -0.39 is 0 Å². The van der Waals surface area contributed by atoms with Gasteiger partial charge in [-0.25, -0.2) is 0 Å². The van der Waals surface area contributed by atoms with E-state index in [4.69, 9.17) is 0 Å². The van der Waals surface area contributed by atoms with Crippen LogP contribution in [0.25, 0.3) is 0 Å². The normalized spacial score (nSPS) is 39.9. The summed E-state index contributed by atoms with van der Waals surface area (Å²) in [5.41, 5.74) is 0.942. The molecule has 2 rings (SSSR count). The van der Waals surface area contributed by atoms with Crippen LogP contribution in [0.15, 0.2) is 0 Å². The second-order valence-corrected chi connectivity index (χ2v) is 8.90. The van der Waals surface area contributed by atoms with E-state index in [0.717, 1.165) is 18.1 Å². The van der Waals surface area contributed by atoms with Gasteiger partial charge in [0.15, 0.2) is 0 Å². The Bertz CT molecular complexity index is 292. The van der Waals surface area contributed by atoms with Gasteiger partial charge in [0.05, 0.1) is 6.10 Å². The number of thioether (sulfide) groups is 1. The van der Waals surface area contributed by atoms with Crippen molar-refractivity contribution in [2.24, 2.45) is 22.2 Å². The number of aliphatic hydroxyl groups excluding tert-OH is 1. The monoisotopic (exact) mass is 256 g/mol. The first-order chi connectivity index (χ1) is 7.69. The summed E-state index contributed by atoms with van der Waals surface area (Å²) in [7, 11) is 0. The Morgan fingerprint density at radius 3 is 2.35 bits per heavy atom. The number of fused-ring (bicyclic) bond motifs is 2. The second-order valence-electron chi connectivity index (χ2n) is 7.92. The Hall–Kier alpha value is 0.310. The molecular weight excluding hydrogens is 228 g/mol. The van der Waals surface area contributed by atoms with Gasteiger partial charge in [-0.3, -0.25) is 0 Å². The molecule has 0 aromatic carbocycles. The molecule has 0 amide bonds. The van der Waals surface area contributed by atoms with Crippen molar-refractivity contribution < 1.29 is 5.11 Å². The molecule has 1 nitrogen and oxygen atoms in total. The Labute approximate surface area is 111 Å². The molecule has 2 aliphatic carbocycles. The lowest BCUT2D eigenvalue weighted by Gasteiger charge is -2.41. The Morgan fingerprint density at radius 1 is 1.29 bits per heavy atom. The molecular formula is C15H28OS. The van der Waals surface area contributed by atoms with E-state index in [2.05, 4.69) is 46.4 Å². The summed E-state index contributed by atoms with van der Waals surface area (Å²) in [6.07, 6.45) is 3.57. The third-order valence-corrected chi connectivity index (χ3v) is 7.07. The molecule has 3 atom stereocenters. The van der Waals surface area contributed by atoms with Gasteiger partial charge < -0.3 is 5.11 Å². The summed E-state index contributed by atoms with van der Waals surface area (Å²) < 4.78 is 0. The molecule has 17 heavy (non-hydrogen) atoms. The number of aliphatic hydroxyl groups is 1. The molecule has 100 valence electrons. The molecule has 0 spiro atoms. The van der Waals surface area contributed by atoms with E-state index >= 15 is 0 Å². The lowest BCUT2D eigenvalue weighted by molar-refractivity contribution is 0.0167. The molecule has 0 aliphatic heterocycles. The van der Waals surface area contributed by atoms with Gasteiger partial charge in [-0.05, 0) is 41.8 Å².